The fraction of sp³-hybridized carbons (Fsp3) is 0.667. The Kier molecular flexibility index (Phi) is 4.69. The van der Waals surface area contributed by atoms with E-state index < -0.39 is 0 Å². The molecule has 0 radical (unpaired) electrons. The third-order valence-corrected chi connectivity index (χ3v) is 4.51. The zero-order chi connectivity index (χ0) is 16.4. The molecule has 1 saturated heterocycles. The van der Waals surface area contributed by atoms with Crippen molar-refractivity contribution in [1.82, 2.24) is 24.3 Å². The topological polar surface area (TPSA) is 37.2 Å². The van der Waals surface area contributed by atoms with Gasteiger partial charge in [0, 0.05) is 51.9 Å². The molecule has 0 spiro atoms. The number of fused-ring (bicyclic) bond motifs is 1. The highest BCUT2D eigenvalue weighted by atomic mass is 15.3. The van der Waals surface area contributed by atoms with E-state index in [9.17, 15) is 0 Å². The van der Waals surface area contributed by atoms with Gasteiger partial charge in [0.15, 0.2) is 5.65 Å². The summed E-state index contributed by atoms with van der Waals surface area (Å²) in [7, 11) is 2.20. The average Bonchev–Trinajstić information content (AvgIpc) is 2.82. The lowest BCUT2D eigenvalue weighted by Gasteiger charge is -2.32. The minimum atomic E-state index is 0.229. The molecule has 1 fully saturated rings. The lowest BCUT2D eigenvalue weighted by atomic mass is 9.92. The molecular weight excluding hydrogens is 286 g/mol. The van der Waals surface area contributed by atoms with Gasteiger partial charge in [0.25, 0.3) is 0 Å². The van der Waals surface area contributed by atoms with Crippen LogP contribution in [0.5, 0.6) is 0 Å². The first kappa shape index (κ1) is 16.4. The van der Waals surface area contributed by atoms with Gasteiger partial charge >= 0.3 is 0 Å². The first-order valence-corrected chi connectivity index (χ1v) is 8.63. The minimum Gasteiger partial charge on any atom is -0.311 e. The lowest BCUT2D eigenvalue weighted by Crippen LogP contribution is -2.45. The molecule has 1 aliphatic heterocycles. The van der Waals surface area contributed by atoms with Gasteiger partial charge in [-0.3, -0.25) is 4.90 Å². The second kappa shape index (κ2) is 6.57. The molecule has 126 valence electrons. The van der Waals surface area contributed by atoms with Crippen LogP contribution in [0.3, 0.4) is 0 Å². The zero-order valence-corrected chi connectivity index (χ0v) is 14.9. The summed E-state index contributed by atoms with van der Waals surface area (Å²) in [5.41, 5.74) is 2.28. The number of hydrogen-bond donors (Lipinski definition) is 0. The fourth-order valence-electron chi connectivity index (χ4n) is 3.16. The Bertz CT molecular complexity index is 647. The first-order valence-electron chi connectivity index (χ1n) is 8.63. The normalized spacial score (nSPS) is 17.9. The van der Waals surface area contributed by atoms with E-state index in [1.54, 1.807) is 0 Å². The second-order valence-corrected chi connectivity index (χ2v) is 7.91. The molecule has 2 aromatic heterocycles. The summed E-state index contributed by atoms with van der Waals surface area (Å²) >= 11 is 0. The molecule has 0 aromatic carbocycles. The smallest absolute Gasteiger partial charge is 0.160 e. The Morgan fingerprint density at radius 2 is 1.83 bits per heavy atom. The van der Waals surface area contributed by atoms with Crippen LogP contribution in [0.1, 0.15) is 26.6 Å². The van der Waals surface area contributed by atoms with Crippen molar-refractivity contribution in [1.29, 1.82) is 0 Å². The summed E-state index contributed by atoms with van der Waals surface area (Å²) in [6.07, 6.45) is 2.85. The lowest BCUT2D eigenvalue weighted by molar-refractivity contribution is 0.150. The maximum absolute atomic E-state index is 4.85. The zero-order valence-electron chi connectivity index (χ0n) is 14.9. The third kappa shape index (κ3) is 4.09. The van der Waals surface area contributed by atoms with Crippen LogP contribution in [0.15, 0.2) is 18.3 Å². The van der Waals surface area contributed by atoms with Gasteiger partial charge in [0.05, 0.1) is 0 Å². The molecule has 3 rings (SSSR count). The molecule has 3 heterocycles. The molecule has 0 unspecified atom stereocenters. The molecule has 23 heavy (non-hydrogen) atoms. The molecule has 0 N–H and O–H groups in total. The quantitative estimate of drug-likeness (QED) is 0.867. The number of imidazole rings is 1. The van der Waals surface area contributed by atoms with Crippen molar-refractivity contribution >= 4 is 11.2 Å². The van der Waals surface area contributed by atoms with Crippen molar-refractivity contribution in [2.75, 3.05) is 39.8 Å². The van der Waals surface area contributed by atoms with E-state index in [4.69, 9.17) is 4.98 Å². The standard InChI is InChI=1S/C18H29N5/c1-18(2,3)14-16-20-15-6-5-7-19-17(15)23(16)13-12-22-10-8-21(4)9-11-22/h5-7H,8-14H2,1-4H3. The average molecular weight is 315 g/mol. The van der Waals surface area contributed by atoms with Crippen molar-refractivity contribution in [3.63, 3.8) is 0 Å². The summed E-state index contributed by atoms with van der Waals surface area (Å²) in [5.74, 6) is 1.17. The van der Waals surface area contributed by atoms with Crippen LogP contribution in [0.25, 0.3) is 11.2 Å². The van der Waals surface area contributed by atoms with E-state index in [0.29, 0.717) is 0 Å². The van der Waals surface area contributed by atoms with Gasteiger partial charge in [-0.15, -0.1) is 0 Å². The van der Waals surface area contributed by atoms with Crippen LogP contribution in [-0.4, -0.2) is 64.1 Å². The molecular formula is C18H29N5. The van der Waals surface area contributed by atoms with E-state index in [0.717, 1.165) is 56.9 Å². The highest BCUT2D eigenvalue weighted by Crippen LogP contribution is 2.23. The van der Waals surface area contributed by atoms with Crippen LogP contribution in [0, 0.1) is 5.41 Å². The number of nitrogens with zero attached hydrogens (tertiary/aromatic N) is 5. The molecule has 0 atom stereocenters. The SMILES string of the molecule is CN1CCN(CCn2c(CC(C)(C)C)nc3cccnc32)CC1. The molecule has 1 aliphatic rings. The molecule has 5 heteroatoms. The molecule has 0 bridgehead atoms. The highest BCUT2D eigenvalue weighted by molar-refractivity contribution is 5.71. The van der Waals surface area contributed by atoms with Crippen LogP contribution >= 0.6 is 0 Å². The predicted molar refractivity (Wildman–Crippen MR) is 94.6 cm³/mol. The molecule has 0 saturated carbocycles. The number of rotatable bonds is 4. The number of piperazine rings is 1. The second-order valence-electron chi connectivity index (χ2n) is 7.91. The fourth-order valence-corrected chi connectivity index (χ4v) is 3.16. The van der Waals surface area contributed by atoms with E-state index in [1.807, 2.05) is 12.3 Å². The minimum absolute atomic E-state index is 0.229. The van der Waals surface area contributed by atoms with Gasteiger partial charge in [-0.05, 0) is 24.6 Å². The third-order valence-electron chi connectivity index (χ3n) is 4.51. The van der Waals surface area contributed by atoms with Crippen LogP contribution in [0.4, 0.5) is 0 Å². The van der Waals surface area contributed by atoms with Crippen molar-refractivity contribution < 1.29 is 0 Å². The highest BCUT2D eigenvalue weighted by Gasteiger charge is 2.20. The van der Waals surface area contributed by atoms with Gasteiger partial charge in [-0.25, -0.2) is 9.97 Å². The summed E-state index contributed by atoms with van der Waals surface area (Å²) in [6, 6.07) is 4.04. The Balaban J connectivity index is 1.78. The first-order chi connectivity index (χ1) is 10.9. The van der Waals surface area contributed by atoms with Crippen molar-refractivity contribution in [3.8, 4) is 0 Å². The Morgan fingerprint density at radius 1 is 1.09 bits per heavy atom. The largest absolute Gasteiger partial charge is 0.311 e. The molecule has 5 nitrogen and oxygen atoms in total. The van der Waals surface area contributed by atoms with E-state index in [-0.39, 0.29) is 5.41 Å². The van der Waals surface area contributed by atoms with Gasteiger partial charge < -0.3 is 9.47 Å². The van der Waals surface area contributed by atoms with Crippen molar-refractivity contribution in [2.45, 2.75) is 33.7 Å². The summed E-state index contributed by atoms with van der Waals surface area (Å²) in [5, 5.41) is 0. The number of pyridine rings is 1. The Morgan fingerprint density at radius 3 is 2.52 bits per heavy atom. The predicted octanol–water partition coefficient (Wildman–Crippen LogP) is 2.27. The number of aromatic nitrogens is 3. The van der Waals surface area contributed by atoms with E-state index in [1.165, 1.54) is 5.82 Å². The van der Waals surface area contributed by atoms with Crippen molar-refractivity contribution in [2.24, 2.45) is 5.41 Å². The van der Waals surface area contributed by atoms with E-state index in [2.05, 4.69) is 53.2 Å². The summed E-state index contributed by atoms with van der Waals surface area (Å²) < 4.78 is 2.33. The van der Waals surface area contributed by atoms with Gasteiger partial charge in [-0.1, -0.05) is 20.8 Å². The summed E-state index contributed by atoms with van der Waals surface area (Å²) in [4.78, 5) is 14.4. The van der Waals surface area contributed by atoms with Crippen LogP contribution < -0.4 is 0 Å². The monoisotopic (exact) mass is 315 g/mol. The van der Waals surface area contributed by atoms with Gasteiger partial charge in [0.1, 0.15) is 11.3 Å². The van der Waals surface area contributed by atoms with Gasteiger partial charge in [-0.2, -0.15) is 0 Å². The van der Waals surface area contributed by atoms with Crippen LogP contribution in [-0.2, 0) is 13.0 Å². The Labute approximate surface area is 139 Å². The molecule has 0 amide bonds. The van der Waals surface area contributed by atoms with Gasteiger partial charge in [0.2, 0.25) is 0 Å². The maximum Gasteiger partial charge on any atom is 0.160 e. The van der Waals surface area contributed by atoms with E-state index >= 15 is 0 Å². The van der Waals surface area contributed by atoms with Crippen molar-refractivity contribution in [3.05, 3.63) is 24.2 Å². The number of hydrogen-bond acceptors (Lipinski definition) is 4. The maximum atomic E-state index is 4.85. The Hall–Kier alpha value is -1.46. The molecule has 0 aliphatic carbocycles. The summed E-state index contributed by atoms with van der Waals surface area (Å²) in [6.45, 7) is 13.5. The molecule has 2 aromatic rings. The number of likely N-dealkylation sites (N-methyl/N-ethyl adjacent to an activating group) is 1. The van der Waals surface area contributed by atoms with Crippen LogP contribution in [0.2, 0.25) is 0 Å².